The Kier molecular flexibility index (Phi) is 3.92. The van der Waals surface area contributed by atoms with E-state index >= 15 is 0 Å². The normalized spacial score (nSPS) is 18.1. The van der Waals surface area contributed by atoms with Crippen molar-refractivity contribution >= 4 is 16.7 Å². The zero-order valence-corrected chi connectivity index (χ0v) is 15.2. The maximum Gasteiger partial charge on any atom is 0.140 e. The Balaban J connectivity index is 1.87. The van der Waals surface area contributed by atoms with Crippen molar-refractivity contribution in [1.82, 2.24) is 19.7 Å². The molecule has 0 N–H and O–H groups in total. The molecule has 6 nitrogen and oxygen atoms in total. The predicted octanol–water partition coefficient (Wildman–Crippen LogP) is 2.87. The van der Waals surface area contributed by atoms with Gasteiger partial charge in [0.2, 0.25) is 0 Å². The van der Waals surface area contributed by atoms with Crippen LogP contribution in [0.2, 0.25) is 0 Å². The van der Waals surface area contributed by atoms with Crippen molar-refractivity contribution in [3.05, 3.63) is 47.0 Å². The van der Waals surface area contributed by atoms with Gasteiger partial charge in [-0.3, -0.25) is 4.68 Å². The molecular weight excluding hydrogens is 314 g/mol. The first-order chi connectivity index (χ1) is 12.1. The van der Waals surface area contributed by atoms with Crippen LogP contribution in [0.3, 0.4) is 0 Å². The van der Waals surface area contributed by atoms with E-state index in [9.17, 15) is 0 Å². The Labute approximate surface area is 147 Å². The number of nitrogens with zero attached hydrogens (tertiary/aromatic N) is 5. The summed E-state index contributed by atoms with van der Waals surface area (Å²) in [6, 6.07) is 6.38. The highest BCUT2D eigenvalue weighted by molar-refractivity contribution is 5.91. The largest absolute Gasteiger partial charge is 0.377 e. The molecule has 0 bridgehead atoms. The molecular formula is C19H23N5O. The van der Waals surface area contributed by atoms with Crippen LogP contribution in [0.1, 0.15) is 28.6 Å². The summed E-state index contributed by atoms with van der Waals surface area (Å²) in [5.41, 5.74) is 5.64. The number of aryl methyl sites for hydroxylation is 3. The number of hydrogen-bond acceptors (Lipinski definition) is 5. The molecule has 25 heavy (non-hydrogen) atoms. The van der Waals surface area contributed by atoms with Crippen molar-refractivity contribution < 1.29 is 4.74 Å². The fourth-order valence-corrected chi connectivity index (χ4v) is 3.82. The van der Waals surface area contributed by atoms with E-state index in [-0.39, 0.29) is 6.04 Å². The maximum absolute atomic E-state index is 5.82. The van der Waals surface area contributed by atoms with Gasteiger partial charge in [0, 0.05) is 30.2 Å². The van der Waals surface area contributed by atoms with Crippen molar-refractivity contribution in [3.63, 3.8) is 0 Å². The van der Waals surface area contributed by atoms with Gasteiger partial charge in [-0.15, -0.1) is 0 Å². The van der Waals surface area contributed by atoms with Crippen molar-refractivity contribution in [2.75, 3.05) is 24.7 Å². The van der Waals surface area contributed by atoms with Crippen molar-refractivity contribution in [1.29, 1.82) is 0 Å². The minimum Gasteiger partial charge on any atom is -0.377 e. The Bertz CT molecular complexity index is 933. The smallest absolute Gasteiger partial charge is 0.140 e. The number of morpholine rings is 1. The van der Waals surface area contributed by atoms with Gasteiger partial charge in [0.05, 0.1) is 30.5 Å². The van der Waals surface area contributed by atoms with Gasteiger partial charge in [-0.05, 0) is 32.4 Å². The van der Waals surface area contributed by atoms with E-state index in [0.29, 0.717) is 13.2 Å². The lowest BCUT2D eigenvalue weighted by Gasteiger charge is -2.37. The topological polar surface area (TPSA) is 56.1 Å². The highest BCUT2D eigenvalue weighted by Crippen LogP contribution is 2.35. The molecule has 3 heterocycles. The molecule has 6 heteroatoms. The minimum atomic E-state index is 0.112. The van der Waals surface area contributed by atoms with Crippen LogP contribution in [0.15, 0.2) is 24.5 Å². The molecule has 1 fully saturated rings. The van der Waals surface area contributed by atoms with Crippen molar-refractivity contribution in [2.45, 2.75) is 26.8 Å². The molecule has 1 atom stereocenters. The molecule has 0 unspecified atom stereocenters. The van der Waals surface area contributed by atoms with Gasteiger partial charge >= 0.3 is 0 Å². The monoisotopic (exact) mass is 337 g/mol. The van der Waals surface area contributed by atoms with Crippen LogP contribution < -0.4 is 4.90 Å². The standard InChI is InChI=1S/C19H23N5O/c1-12-6-5-7-15-18(12)20-11-21-19(15)24-8-9-25-10-16(24)17-13(2)22-23(4)14(17)3/h5-7,11,16H,8-10H2,1-4H3/t16-/m1/s1. The first-order valence-electron chi connectivity index (χ1n) is 8.62. The van der Waals surface area contributed by atoms with Gasteiger partial charge in [-0.25, -0.2) is 9.97 Å². The van der Waals surface area contributed by atoms with E-state index in [0.717, 1.165) is 29.0 Å². The molecule has 0 radical (unpaired) electrons. The first kappa shape index (κ1) is 16.0. The zero-order valence-electron chi connectivity index (χ0n) is 15.2. The van der Waals surface area contributed by atoms with E-state index in [1.165, 1.54) is 16.8 Å². The zero-order chi connectivity index (χ0) is 17.6. The van der Waals surface area contributed by atoms with Gasteiger partial charge in [0.1, 0.15) is 12.1 Å². The summed E-state index contributed by atoms with van der Waals surface area (Å²) < 4.78 is 7.77. The second-order valence-electron chi connectivity index (χ2n) is 6.66. The fraction of sp³-hybridized carbons (Fsp3) is 0.421. The third-order valence-corrected chi connectivity index (χ3v) is 5.14. The summed E-state index contributed by atoms with van der Waals surface area (Å²) in [7, 11) is 1.99. The van der Waals surface area contributed by atoms with Crippen LogP contribution in [-0.2, 0) is 11.8 Å². The van der Waals surface area contributed by atoms with E-state index in [1.54, 1.807) is 6.33 Å². The number of benzene rings is 1. The lowest BCUT2D eigenvalue weighted by atomic mass is 10.0. The highest BCUT2D eigenvalue weighted by Gasteiger charge is 2.31. The van der Waals surface area contributed by atoms with E-state index in [2.05, 4.69) is 58.9 Å². The molecule has 4 rings (SSSR count). The Morgan fingerprint density at radius 3 is 2.76 bits per heavy atom. The number of hydrogen-bond donors (Lipinski definition) is 0. The molecule has 1 aliphatic rings. The highest BCUT2D eigenvalue weighted by atomic mass is 16.5. The van der Waals surface area contributed by atoms with Gasteiger partial charge in [0.25, 0.3) is 0 Å². The molecule has 0 amide bonds. The molecule has 1 aromatic carbocycles. The summed E-state index contributed by atoms with van der Waals surface area (Å²) in [5.74, 6) is 0.977. The van der Waals surface area contributed by atoms with E-state index < -0.39 is 0 Å². The summed E-state index contributed by atoms with van der Waals surface area (Å²) in [5, 5.41) is 5.68. The molecule has 1 saturated heterocycles. The number of rotatable bonds is 2. The van der Waals surface area contributed by atoms with E-state index in [1.807, 2.05) is 11.7 Å². The molecule has 0 aliphatic carbocycles. The van der Waals surface area contributed by atoms with Crippen LogP contribution in [0.25, 0.3) is 10.9 Å². The quantitative estimate of drug-likeness (QED) is 0.720. The van der Waals surface area contributed by atoms with Gasteiger partial charge in [-0.2, -0.15) is 5.10 Å². The number of aromatic nitrogens is 4. The average Bonchev–Trinajstić information content (AvgIpc) is 2.87. The number of anilines is 1. The van der Waals surface area contributed by atoms with Gasteiger partial charge in [-0.1, -0.05) is 12.1 Å². The minimum absolute atomic E-state index is 0.112. The lowest BCUT2D eigenvalue weighted by molar-refractivity contribution is 0.0935. The Morgan fingerprint density at radius 2 is 2.00 bits per heavy atom. The van der Waals surface area contributed by atoms with Crippen molar-refractivity contribution in [2.24, 2.45) is 7.05 Å². The number of ether oxygens (including phenoxy) is 1. The second kappa shape index (κ2) is 6.11. The Hall–Kier alpha value is -2.47. The SMILES string of the molecule is Cc1nn(C)c(C)c1[C@H]1COCCN1c1ncnc2c(C)cccc12. The summed E-state index contributed by atoms with van der Waals surface area (Å²) in [6.45, 7) is 8.42. The lowest BCUT2D eigenvalue weighted by Crippen LogP contribution is -2.40. The molecule has 0 saturated carbocycles. The van der Waals surface area contributed by atoms with Crippen LogP contribution in [0, 0.1) is 20.8 Å². The Morgan fingerprint density at radius 1 is 1.16 bits per heavy atom. The molecule has 1 aliphatic heterocycles. The van der Waals surface area contributed by atoms with Gasteiger partial charge < -0.3 is 9.64 Å². The van der Waals surface area contributed by atoms with Crippen LogP contribution in [0.4, 0.5) is 5.82 Å². The molecule has 130 valence electrons. The van der Waals surface area contributed by atoms with E-state index in [4.69, 9.17) is 4.74 Å². The van der Waals surface area contributed by atoms with Crippen LogP contribution >= 0.6 is 0 Å². The molecule has 3 aromatic rings. The number of para-hydroxylation sites is 1. The summed E-state index contributed by atoms with van der Waals surface area (Å²) in [4.78, 5) is 11.5. The maximum atomic E-state index is 5.82. The number of fused-ring (bicyclic) bond motifs is 1. The average molecular weight is 337 g/mol. The summed E-state index contributed by atoms with van der Waals surface area (Å²) in [6.07, 6.45) is 1.67. The summed E-state index contributed by atoms with van der Waals surface area (Å²) >= 11 is 0. The molecule has 0 spiro atoms. The van der Waals surface area contributed by atoms with Crippen LogP contribution in [0.5, 0.6) is 0 Å². The fourth-order valence-electron chi connectivity index (χ4n) is 3.82. The second-order valence-corrected chi connectivity index (χ2v) is 6.66. The van der Waals surface area contributed by atoms with Crippen molar-refractivity contribution in [3.8, 4) is 0 Å². The van der Waals surface area contributed by atoms with Crippen LogP contribution in [-0.4, -0.2) is 39.5 Å². The third-order valence-electron chi connectivity index (χ3n) is 5.14. The van der Waals surface area contributed by atoms with Gasteiger partial charge in [0.15, 0.2) is 0 Å². The third kappa shape index (κ3) is 2.57. The predicted molar refractivity (Wildman–Crippen MR) is 97.9 cm³/mol. The first-order valence-corrected chi connectivity index (χ1v) is 8.62. The molecule has 2 aromatic heterocycles.